The lowest BCUT2D eigenvalue weighted by Gasteiger charge is -2.27. The van der Waals surface area contributed by atoms with Crippen LogP contribution in [-0.4, -0.2) is 69.0 Å². The molecule has 1 amide bonds. The highest BCUT2D eigenvalue weighted by Gasteiger charge is 2.32. The molecule has 2 aromatic rings. The lowest BCUT2D eigenvalue weighted by molar-refractivity contribution is -0.120. The van der Waals surface area contributed by atoms with E-state index in [-0.39, 0.29) is 22.6 Å². The largest absolute Gasteiger partial charge is 0.492 e. The Bertz CT molecular complexity index is 1060. The molecule has 0 aromatic heterocycles. The zero-order valence-corrected chi connectivity index (χ0v) is 19.7. The summed E-state index contributed by atoms with van der Waals surface area (Å²) in [6.07, 6.45) is 1.72. The molecule has 0 saturated carbocycles. The van der Waals surface area contributed by atoms with Gasteiger partial charge in [0.2, 0.25) is 15.9 Å². The van der Waals surface area contributed by atoms with E-state index in [9.17, 15) is 13.2 Å². The van der Waals surface area contributed by atoms with Crippen LogP contribution in [0.2, 0.25) is 0 Å². The average Bonchev–Trinajstić information content (AvgIpc) is 3.29. The van der Waals surface area contributed by atoms with Gasteiger partial charge in [0.05, 0.1) is 25.9 Å². The minimum Gasteiger partial charge on any atom is -0.492 e. The first-order valence-corrected chi connectivity index (χ1v) is 12.9. The molecule has 2 fully saturated rings. The second-order valence-electron chi connectivity index (χ2n) is 8.21. The average molecular weight is 474 g/mol. The number of morpholine rings is 1. The Hall–Kier alpha value is -2.46. The summed E-state index contributed by atoms with van der Waals surface area (Å²) in [5.41, 5.74) is 1.61. The van der Waals surface area contributed by atoms with E-state index in [0.29, 0.717) is 45.1 Å². The molecule has 8 nitrogen and oxygen atoms in total. The van der Waals surface area contributed by atoms with Crippen molar-refractivity contribution in [3.8, 4) is 5.75 Å². The maximum Gasteiger partial charge on any atom is 0.246 e. The molecule has 2 aromatic carbocycles. The van der Waals surface area contributed by atoms with Crippen LogP contribution in [0.4, 0.5) is 5.69 Å². The van der Waals surface area contributed by atoms with E-state index < -0.39 is 10.0 Å². The van der Waals surface area contributed by atoms with Gasteiger partial charge in [-0.15, -0.1) is 0 Å². The monoisotopic (exact) mass is 473 g/mol. The van der Waals surface area contributed by atoms with Gasteiger partial charge in [0.1, 0.15) is 10.6 Å². The molecular formula is C24H31N3O5S. The molecule has 0 aliphatic carbocycles. The van der Waals surface area contributed by atoms with Gasteiger partial charge in [-0.2, -0.15) is 4.31 Å². The van der Waals surface area contributed by atoms with Gasteiger partial charge in [-0.1, -0.05) is 30.3 Å². The number of rotatable bonds is 8. The second-order valence-corrected chi connectivity index (χ2v) is 10.1. The zero-order valence-electron chi connectivity index (χ0n) is 18.9. The van der Waals surface area contributed by atoms with E-state index in [1.165, 1.54) is 10.4 Å². The molecular weight excluding hydrogens is 442 g/mol. The van der Waals surface area contributed by atoms with E-state index >= 15 is 0 Å². The van der Waals surface area contributed by atoms with Crippen LogP contribution in [0.25, 0.3) is 0 Å². The highest BCUT2D eigenvalue weighted by Crippen LogP contribution is 2.31. The molecule has 0 bridgehead atoms. The van der Waals surface area contributed by atoms with Crippen molar-refractivity contribution >= 4 is 21.6 Å². The van der Waals surface area contributed by atoms with E-state index in [1.807, 2.05) is 25.1 Å². The SMILES string of the molecule is CCOc1ccc(NC(=O)C2CCCN2Cc2ccccc2)cc1S(=O)(=O)N1CCOCC1. The van der Waals surface area contributed by atoms with Crippen LogP contribution in [0.1, 0.15) is 25.3 Å². The number of benzene rings is 2. The minimum atomic E-state index is -3.78. The van der Waals surface area contributed by atoms with E-state index in [2.05, 4.69) is 22.3 Å². The van der Waals surface area contributed by atoms with Crippen LogP contribution in [0.5, 0.6) is 5.75 Å². The first-order valence-electron chi connectivity index (χ1n) is 11.4. The third-order valence-electron chi connectivity index (χ3n) is 5.99. The van der Waals surface area contributed by atoms with Gasteiger partial charge in [-0.3, -0.25) is 9.69 Å². The molecule has 2 heterocycles. The summed E-state index contributed by atoms with van der Waals surface area (Å²) < 4.78 is 38.9. The fourth-order valence-electron chi connectivity index (χ4n) is 4.34. The number of nitrogens with one attached hydrogen (secondary N) is 1. The summed E-state index contributed by atoms with van der Waals surface area (Å²) in [5, 5.41) is 2.94. The van der Waals surface area contributed by atoms with Crippen molar-refractivity contribution in [1.82, 2.24) is 9.21 Å². The number of nitrogens with zero attached hydrogens (tertiary/aromatic N) is 2. The summed E-state index contributed by atoms with van der Waals surface area (Å²) in [7, 11) is -3.78. The van der Waals surface area contributed by atoms with Crippen molar-refractivity contribution in [3.63, 3.8) is 0 Å². The van der Waals surface area contributed by atoms with Crippen molar-refractivity contribution in [3.05, 3.63) is 54.1 Å². The molecule has 0 spiro atoms. The summed E-state index contributed by atoms with van der Waals surface area (Å²) in [5.74, 6) is 0.163. The lowest BCUT2D eigenvalue weighted by atomic mass is 10.1. The molecule has 1 unspecified atom stereocenters. The smallest absolute Gasteiger partial charge is 0.246 e. The summed E-state index contributed by atoms with van der Waals surface area (Å²) in [6.45, 7) is 5.01. The summed E-state index contributed by atoms with van der Waals surface area (Å²) in [4.78, 5) is 15.4. The molecule has 1 N–H and O–H groups in total. The lowest BCUT2D eigenvalue weighted by Crippen LogP contribution is -2.41. The Morgan fingerprint density at radius 1 is 1.12 bits per heavy atom. The Morgan fingerprint density at radius 2 is 1.88 bits per heavy atom. The van der Waals surface area contributed by atoms with Crippen molar-refractivity contribution in [2.24, 2.45) is 0 Å². The maximum absolute atomic E-state index is 13.3. The number of hydrogen-bond donors (Lipinski definition) is 1. The normalized spacial score (nSPS) is 20.0. The Morgan fingerprint density at radius 3 is 2.61 bits per heavy atom. The van der Waals surface area contributed by atoms with Gasteiger partial charge in [0, 0.05) is 25.3 Å². The number of sulfonamides is 1. The van der Waals surface area contributed by atoms with Gasteiger partial charge in [0.15, 0.2) is 0 Å². The molecule has 2 aliphatic rings. The van der Waals surface area contributed by atoms with Gasteiger partial charge in [-0.25, -0.2) is 8.42 Å². The van der Waals surface area contributed by atoms with Gasteiger partial charge in [-0.05, 0) is 50.1 Å². The van der Waals surface area contributed by atoms with Crippen LogP contribution < -0.4 is 10.1 Å². The summed E-state index contributed by atoms with van der Waals surface area (Å²) in [6, 6.07) is 14.6. The molecule has 33 heavy (non-hydrogen) atoms. The van der Waals surface area contributed by atoms with Gasteiger partial charge in [0.25, 0.3) is 0 Å². The number of amides is 1. The third kappa shape index (κ3) is 5.55. The standard InChI is InChI=1S/C24H31N3O5S/c1-2-32-22-11-10-20(17-23(22)33(29,30)27-13-15-31-16-14-27)25-24(28)21-9-6-12-26(21)18-19-7-4-3-5-8-19/h3-5,7-8,10-11,17,21H,2,6,9,12-16,18H2,1H3,(H,25,28). The first kappa shape index (κ1) is 23.7. The maximum atomic E-state index is 13.3. The minimum absolute atomic E-state index is 0.0663. The van der Waals surface area contributed by atoms with Crippen LogP contribution in [0.15, 0.2) is 53.4 Å². The Balaban J connectivity index is 1.52. The Kier molecular flexibility index (Phi) is 7.64. The van der Waals surface area contributed by atoms with Crippen molar-refractivity contribution in [2.75, 3.05) is 44.8 Å². The molecule has 2 aliphatic heterocycles. The fraction of sp³-hybridized carbons (Fsp3) is 0.458. The van der Waals surface area contributed by atoms with E-state index in [0.717, 1.165) is 24.9 Å². The predicted molar refractivity (Wildman–Crippen MR) is 126 cm³/mol. The van der Waals surface area contributed by atoms with E-state index in [4.69, 9.17) is 9.47 Å². The Labute approximate surface area is 195 Å². The molecule has 2 saturated heterocycles. The molecule has 0 radical (unpaired) electrons. The van der Waals surface area contributed by atoms with Crippen molar-refractivity contribution in [2.45, 2.75) is 37.2 Å². The number of carbonyl (C=O) groups excluding carboxylic acids is 1. The quantitative estimate of drug-likeness (QED) is 0.634. The zero-order chi connectivity index (χ0) is 23.3. The topological polar surface area (TPSA) is 88.2 Å². The summed E-state index contributed by atoms with van der Waals surface area (Å²) >= 11 is 0. The van der Waals surface area contributed by atoms with Gasteiger partial charge >= 0.3 is 0 Å². The molecule has 4 rings (SSSR count). The van der Waals surface area contributed by atoms with Crippen LogP contribution in [-0.2, 0) is 26.1 Å². The number of likely N-dealkylation sites (tertiary alicyclic amines) is 1. The molecule has 178 valence electrons. The van der Waals surface area contributed by atoms with Crippen LogP contribution in [0, 0.1) is 0 Å². The van der Waals surface area contributed by atoms with E-state index in [1.54, 1.807) is 12.1 Å². The van der Waals surface area contributed by atoms with Crippen molar-refractivity contribution < 1.29 is 22.7 Å². The van der Waals surface area contributed by atoms with Crippen LogP contribution in [0.3, 0.4) is 0 Å². The number of anilines is 1. The van der Waals surface area contributed by atoms with Crippen molar-refractivity contribution in [1.29, 1.82) is 0 Å². The second kappa shape index (κ2) is 10.6. The fourth-order valence-corrected chi connectivity index (χ4v) is 5.91. The number of carbonyl (C=O) groups is 1. The van der Waals surface area contributed by atoms with Crippen LogP contribution >= 0.6 is 0 Å². The highest BCUT2D eigenvalue weighted by molar-refractivity contribution is 7.89. The molecule has 9 heteroatoms. The third-order valence-corrected chi connectivity index (χ3v) is 7.91. The number of ether oxygens (including phenoxy) is 2. The predicted octanol–water partition coefficient (Wildman–Crippen LogP) is 2.71. The molecule has 1 atom stereocenters. The highest BCUT2D eigenvalue weighted by atomic mass is 32.2. The first-order chi connectivity index (χ1) is 16.0. The van der Waals surface area contributed by atoms with Gasteiger partial charge < -0.3 is 14.8 Å². The number of hydrogen-bond acceptors (Lipinski definition) is 6.